The van der Waals surface area contributed by atoms with Crippen molar-refractivity contribution in [3.8, 4) is 5.75 Å². The normalized spacial score (nSPS) is 10.3. The lowest BCUT2D eigenvalue weighted by Crippen LogP contribution is -2.16. The molecular formula is C13H19FN2O2. The fourth-order valence-corrected chi connectivity index (χ4v) is 1.45. The van der Waals surface area contributed by atoms with Crippen molar-refractivity contribution >= 4 is 5.84 Å². The molecule has 1 aromatic rings. The second-order valence-electron chi connectivity index (χ2n) is 3.84. The first-order valence-electron chi connectivity index (χ1n) is 6.00. The summed E-state index contributed by atoms with van der Waals surface area (Å²) in [6.07, 6.45) is 2.10. The van der Waals surface area contributed by atoms with Gasteiger partial charge in [0.15, 0.2) is 0 Å². The molecule has 0 radical (unpaired) electrons. The van der Waals surface area contributed by atoms with Crippen LogP contribution in [0.3, 0.4) is 0 Å². The third-order valence-corrected chi connectivity index (χ3v) is 2.37. The number of amidine groups is 1. The van der Waals surface area contributed by atoms with Crippen molar-refractivity contribution in [3.63, 3.8) is 0 Å². The molecule has 4 nitrogen and oxygen atoms in total. The van der Waals surface area contributed by atoms with Crippen molar-refractivity contribution in [2.45, 2.75) is 19.8 Å². The first-order valence-corrected chi connectivity index (χ1v) is 6.00. The standard InChI is InChI=1S/C13H19FN2O2/c1-2-3-7-17-8-9-18-11-6-4-5-10(14)12(11)13(15)16/h4-6H,2-3,7-9H2,1H3,(H3,15,16). The van der Waals surface area contributed by atoms with Crippen LogP contribution in [0.1, 0.15) is 25.3 Å². The van der Waals surface area contributed by atoms with Gasteiger partial charge in [0, 0.05) is 6.61 Å². The van der Waals surface area contributed by atoms with Crippen LogP contribution in [-0.2, 0) is 4.74 Å². The Bertz CT molecular complexity index is 397. The smallest absolute Gasteiger partial charge is 0.137 e. The van der Waals surface area contributed by atoms with Gasteiger partial charge in [0.1, 0.15) is 24.0 Å². The number of hydrogen-bond acceptors (Lipinski definition) is 3. The van der Waals surface area contributed by atoms with Crippen LogP contribution in [0.4, 0.5) is 4.39 Å². The SMILES string of the molecule is CCCCOCCOc1cccc(F)c1C(=N)N. The Kier molecular flexibility index (Phi) is 6.14. The molecule has 0 bridgehead atoms. The van der Waals surface area contributed by atoms with E-state index in [1.54, 1.807) is 6.07 Å². The molecule has 100 valence electrons. The van der Waals surface area contributed by atoms with Gasteiger partial charge in [-0.25, -0.2) is 4.39 Å². The van der Waals surface area contributed by atoms with Crippen LogP contribution in [0.5, 0.6) is 5.75 Å². The maximum absolute atomic E-state index is 13.4. The van der Waals surface area contributed by atoms with E-state index in [2.05, 4.69) is 6.92 Å². The Morgan fingerprint density at radius 2 is 2.11 bits per heavy atom. The minimum atomic E-state index is -0.549. The van der Waals surface area contributed by atoms with Crippen LogP contribution in [0.2, 0.25) is 0 Å². The average Bonchev–Trinajstić information content (AvgIpc) is 2.33. The molecule has 0 heterocycles. The van der Waals surface area contributed by atoms with E-state index in [-0.39, 0.29) is 17.1 Å². The highest BCUT2D eigenvalue weighted by atomic mass is 19.1. The fraction of sp³-hybridized carbons (Fsp3) is 0.462. The van der Waals surface area contributed by atoms with E-state index in [1.807, 2.05) is 0 Å². The highest BCUT2D eigenvalue weighted by molar-refractivity contribution is 5.97. The van der Waals surface area contributed by atoms with Gasteiger partial charge in [-0.3, -0.25) is 5.41 Å². The lowest BCUT2D eigenvalue weighted by molar-refractivity contribution is 0.0979. The molecule has 0 aliphatic carbocycles. The van der Waals surface area contributed by atoms with Crippen LogP contribution in [0, 0.1) is 11.2 Å². The molecule has 1 rings (SSSR count). The summed E-state index contributed by atoms with van der Waals surface area (Å²) < 4.78 is 24.1. The fourth-order valence-electron chi connectivity index (χ4n) is 1.45. The van der Waals surface area contributed by atoms with E-state index < -0.39 is 5.82 Å². The van der Waals surface area contributed by atoms with Crippen molar-refractivity contribution in [1.82, 2.24) is 0 Å². The predicted molar refractivity (Wildman–Crippen MR) is 68.6 cm³/mol. The van der Waals surface area contributed by atoms with Crippen molar-refractivity contribution < 1.29 is 13.9 Å². The van der Waals surface area contributed by atoms with Crippen LogP contribution in [-0.4, -0.2) is 25.7 Å². The van der Waals surface area contributed by atoms with Gasteiger partial charge in [-0.1, -0.05) is 19.4 Å². The van der Waals surface area contributed by atoms with Crippen molar-refractivity contribution in [3.05, 3.63) is 29.6 Å². The van der Waals surface area contributed by atoms with Gasteiger partial charge in [-0.2, -0.15) is 0 Å². The summed E-state index contributed by atoms with van der Waals surface area (Å²) in [6, 6.07) is 4.36. The van der Waals surface area contributed by atoms with Gasteiger partial charge >= 0.3 is 0 Å². The topological polar surface area (TPSA) is 68.3 Å². The first-order chi connectivity index (χ1) is 8.66. The molecule has 0 spiro atoms. The highest BCUT2D eigenvalue weighted by Gasteiger charge is 2.12. The summed E-state index contributed by atoms with van der Waals surface area (Å²) in [6.45, 7) is 3.54. The number of rotatable bonds is 8. The third-order valence-electron chi connectivity index (χ3n) is 2.37. The van der Waals surface area contributed by atoms with E-state index in [4.69, 9.17) is 20.6 Å². The number of ether oxygens (including phenoxy) is 2. The Labute approximate surface area is 106 Å². The van der Waals surface area contributed by atoms with Gasteiger partial charge in [0.2, 0.25) is 0 Å². The largest absolute Gasteiger partial charge is 0.490 e. The molecule has 0 aliphatic rings. The molecule has 5 heteroatoms. The molecule has 0 saturated carbocycles. The molecule has 0 amide bonds. The summed E-state index contributed by atoms with van der Waals surface area (Å²) in [5, 5.41) is 7.31. The molecule has 0 aliphatic heterocycles. The predicted octanol–water partition coefficient (Wildman–Crippen LogP) is 2.31. The maximum Gasteiger partial charge on any atom is 0.137 e. The third kappa shape index (κ3) is 4.33. The summed E-state index contributed by atoms with van der Waals surface area (Å²) in [4.78, 5) is 0. The molecular weight excluding hydrogens is 235 g/mol. The molecule has 0 fully saturated rings. The van der Waals surface area contributed by atoms with Crippen LogP contribution in [0.15, 0.2) is 18.2 Å². The van der Waals surface area contributed by atoms with E-state index in [0.717, 1.165) is 12.8 Å². The summed E-state index contributed by atoms with van der Waals surface area (Å²) >= 11 is 0. The van der Waals surface area contributed by atoms with E-state index in [0.29, 0.717) is 19.8 Å². The van der Waals surface area contributed by atoms with Crippen LogP contribution >= 0.6 is 0 Å². The average molecular weight is 254 g/mol. The number of halogens is 1. The Balaban J connectivity index is 2.47. The quantitative estimate of drug-likeness (QED) is 0.425. The number of nitrogens with one attached hydrogen (secondary N) is 1. The Morgan fingerprint density at radius 1 is 1.33 bits per heavy atom. The second kappa shape index (κ2) is 7.66. The highest BCUT2D eigenvalue weighted by Crippen LogP contribution is 2.20. The molecule has 0 saturated heterocycles. The van der Waals surface area contributed by atoms with Gasteiger partial charge in [0.25, 0.3) is 0 Å². The van der Waals surface area contributed by atoms with Gasteiger partial charge in [-0.15, -0.1) is 0 Å². The second-order valence-corrected chi connectivity index (χ2v) is 3.84. The molecule has 0 atom stereocenters. The van der Waals surface area contributed by atoms with Gasteiger partial charge < -0.3 is 15.2 Å². The van der Waals surface area contributed by atoms with Gasteiger partial charge in [-0.05, 0) is 18.6 Å². The Hall–Kier alpha value is -1.62. The minimum Gasteiger partial charge on any atom is -0.490 e. The van der Waals surface area contributed by atoms with Crippen molar-refractivity contribution in [2.75, 3.05) is 19.8 Å². The molecule has 3 N–H and O–H groups in total. The number of nitrogens with two attached hydrogens (primary N) is 1. The zero-order valence-corrected chi connectivity index (χ0v) is 10.5. The summed E-state index contributed by atoms with van der Waals surface area (Å²) in [5.41, 5.74) is 5.32. The zero-order chi connectivity index (χ0) is 13.4. The summed E-state index contributed by atoms with van der Waals surface area (Å²) in [5.74, 6) is -0.608. The lowest BCUT2D eigenvalue weighted by atomic mass is 10.1. The summed E-state index contributed by atoms with van der Waals surface area (Å²) in [7, 11) is 0. The number of nitrogen functional groups attached to an aromatic ring is 1. The van der Waals surface area contributed by atoms with E-state index in [1.165, 1.54) is 12.1 Å². The monoisotopic (exact) mass is 254 g/mol. The van der Waals surface area contributed by atoms with E-state index in [9.17, 15) is 4.39 Å². The Morgan fingerprint density at radius 3 is 2.78 bits per heavy atom. The molecule has 0 unspecified atom stereocenters. The molecule has 1 aromatic carbocycles. The maximum atomic E-state index is 13.4. The van der Waals surface area contributed by atoms with Crippen LogP contribution < -0.4 is 10.5 Å². The molecule has 0 aromatic heterocycles. The van der Waals surface area contributed by atoms with Gasteiger partial charge in [0.05, 0.1) is 12.2 Å². The van der Waals surface area contributed by atoms with Crippen LogP contribution in [0.25, 0.3) is 0 Å². The minimum absolute atomic E-state index is 0.00561. The van der Waals surface area contributed by atoms with Crippen molar-refractivity contribution in [1.29, 1.82) is 5.41 Å². The van der Waals surface area contributed by atoms with E-state index >= 15 is 0 Å². The molecule has 18 heavy (non-hydrogen) atoms. The number of hydrogen-bond donors (Lipinski definition) is 2. The number of benzene rings is 1. The van der Waals surface area contributed by atoms with Crippen molar-refractivity contribution in [2.24, 2.45) is 5.73 Å². The lowest BCUT2D eigenvalue weighted by Gasteiger charge is -2.11. The zero-order valence-electron chi connectivity index (χ0n) is 10.5. The first kappa shape index (κ1) is 14.4. The number of unbranched alkanes of at least 4 members (excludes halogenated alkanes) is 1.